The van der Waals surface area contributed by atoms with Gasteiger partial charge in [-0.1, -0.05) is 47.5 Å². The second kappa shape index (κ2) is 8.16. The number of hydrogen-bond donors (Lipinski definition) is 1. The Labute approximate surface area is 169 Å². The van der Waals surface area contributed by atoms with Crippen molar-refractivity contribution >= 4 is 34.9 Å². The van der Waals surface area contributed by atoms with E-state index < -0.39 is 11.9 Å². The van der Waals surface area contributed by atoms with Crippen LogP contribution in [0, 0.1) is 0 Å². The predicted molar refractivity (Wildman–Crippen MR) is 105 cm³/mol. The second-order valence-corrected chi connectivity index (χ2v) is 6.66. The fourth-order valence-corrected chi connectivity index (χ4v) is 2.55. The minimum atomic E-state index is -4.63. The molecule has 0 amide bonds. The number of nitrogens with zero attached hydrogens (tertiary/aromatic N) is 3. The number of aromatic nitrogens is 2. The van der Waals surface area contributed by atoms with E-state index in [4.69, 9.17) is 23.2 Å². The van der Waals surface area contributed by atoms with Gasteiger partial charge in [0.05, 0.1) is 11.4 Å². The highest BCUT2D eigenvalue weighted by Gasteiger charge is 2.33. The third-order valence-corrected chi connectivity index (χ3v) is 4.25. The van der Waals surface area contributed by atoms with Gasteiger partial charge in [-0.05, 0) is 42.8 Å². The maximum atomic E-state index is 13.2. The molecule has 2 aromatic carbocycles. The summed E-state index contributed by atoms with van der Waals surface area (Å²) in [6.45, 7) is 1.70. The zero-order chi connectivity index (χ0) is 20.3. The van der Waals surface area contributed by atoms with Crippen LogP contribution >= 0.6 is 23.2 Å². The highest BCUT2D eigenvalue weighted by molar-refractivity contribution is 6.31. The van der Waals surface area contributed by atoms with Crippen molar-refractivity contribution < 1.29 is 13.2 Å². The molecule has 0 aliphatic carbocycles. The minimum absolute atomic E-state index is 0.0980. The van der Waals surface area contributed by atoms with E-state index in [0.717, 1.165) is 11.6 Å². The maximum absolute atomic E-state index is 13.2. The number of hydrazone groups is 1. The first-order valence-electron chi connectivity index (χ1n) is 8.01. The standard InChI is InChI=1S/C19H13Cl2F3N4/c1-11(12-2-6-14(20)7-3-12)27-28-18-25-16(10-17(26-18)19(22,23)24)13-4-8-15(21)9-5-13/h2-10H,1H3,(H,25,26,28)/b27-11+. The van der Waals surface area contributed by atoms with Gasteiger partial charge in [0.2, 0.25) is 5.95 Å². The van der Waals surface area contributed by atoms with E-state index in [2.05, 4.69) is 20.5 Å². The summed E-state index contributed by atoms with van der Waals surface area (Å²) >= 11 is 11.7. The van der Waals surface area contributed by atoms with Crippen LogP contribution in [0.15, 0.2) is 59.7 Å². The molecule has 9 heteroatoms. The van der Waals surface area contributed by atoms with E-state index in [1.807, 2.05) is 0 Å². The zero-order valence-electron chi connectivity index (χ0n) is 14.4. The van der Waals surface area contributed by atoms with Crippen molar-refractivity contribution in [2.45, 2.75) is 13.1 Å². The largest absolute Gasteiger partial charge is 0.433 e. The highest BCUT2D eigenvalue weighted by Crippen LogP contribution is 2.31. The molecular formula is C19H13Cl2F3N4. The third kappa shape index (κ3) is 4.99. The molecule has 28 heavy (non-hydrogen) atoms. The molecule has 0 spiro atoms. The van der Waals surface area contributed by atoms with Crippen LogP contribution in [0.2, 0.25) is 10.0 Å². The Morgan fingerprint density at radius 2 is 1.50 bits per heavy atom. The topological polar surface area (TPSA) is 50.2 Å². The first-order chi connectivity index (χ1) is 13.2. The lowest BCUT2D eigenvalue weighted by Crippen LogP contribution is -2.12. The van der Waals surface area contributed by atoms with Crippen LogP contribution in [0.4, 0.5) is 19.1 Å². The van der Waals surface area contributed by atoms with Gasteiger partial charge in [-0.2, -0.15) is 18.3 Å². The Balaban J connectivity index is 1.95. The molecular weight excluding hydrogens is 412 g/mol. The number of hydrogen-bond acceptors (Lipinski definition) is 4. The Kier molecular flexibility index (Phi) is 5.86. The van der Waals surface area contributed by atoms with Crippen LogP contribution < -0.4 is 5.43 Å². The molecule has 1 aromatic heterocycles. The number of nitrogens with one attached hydrogen (secondary N) is 1. The van der Waals surface area contributed by atoms with E-state index in [1.54, 1.807) is 55.5 Å². The molecule has 0 unspecified atom stereocenters. The summed E-state index contributed by atoms with van der Waals surface area (Å²) in [5, 5.41) is 5.11. The Bertz CT molecular complexity index is 1000. The third-order valence-electron chi connectivity index (χ3n) is 3.74. The van der Waals surface area contributed by atoms with Crippen molar-refractivity contribution in [2.75, 3.05) is 5.43 Å². The molecule has 1 N–H and O–H groups in total. The molecule has 0 fully saturated rings. The minimum Gasteiger partial charge on any atom is -0.245 e. The van der Waals surface area contributed by atoms with Crippen molar-refractivity contribution in [3.63, 3.8) is 0 Å². The monoisotopic (exact) mass is 424 g/mol. The summed E-state index contributed by atoms with van der Waals surface area (Å²) in [5.41, 5.74) is 3.28. The summed E-state index contributed by atoms with van der Waals surface area (Å²) in [5.74, 6) is -0.270. The van der Waals surface area contributed by atoms with Crippen molar-refractivity contribution in [1.82, 2.24) is 9.97 Å². The van der Waals surface area contributed by atoms with E-state index >= 15 is 0 Å². The van der Waals surface area contributed by atoms with Gasteiger partial charge < -0.3 is 0 Å². The summed E-state index contributed by atoms with van der Waals surface area (Å²) in [7, 11) is 0. The van der Waals surface area contributed by atoms with Crippen LogP contribution in [0.5, 0.6) is 0 Å². The molecule has 3 rings (SSSR count). The lowest BCUT2D eigenvalue weighted by atomic mass is 10.1. The lowest BCUT2D eigenvalue weighted by Gasteiger charge is -2.11. The fourth-order valence-electron chi connectivity index (χ4n) is 2.30. The second-order valence-electron chi connectivity index (χ2n) is 5.78. The van der Waals surface area contributed by atoms with Gasteiger partial charge >= 0.3 is 6.18 Å². The van der Waals surface area contributed by atoms with Gasteiger partial charge in [0, 0.05) is 15.6 Å². The van der Waals surface area contributed by atoms with Crippen LogP contribution in [0.25, 0.3) is 11.3 Å². The molecule has 0 aliphatic rings. The Hall–Kier alpha value is -2.64. The van der Waals surface area contributed by atoms with E-state index in [0.29, 0.717) is 21.3 Å². The number of alkyl halides is 3. The highest BCUT2D eigenvalue weighted by atomic mass is 35.5. The SMILES string of the molecule is C/C(=N\Nc1nc(-c2ccc(Cl)cc2)cc(C(F)(F)F)n1)c1ccc(Cl)cc1. The number of benzene rings is 2. The van der Waals surface area contributed by atoms with Crippen LogP contribution in [-0.2, 0) is 6.18 Å². The van der Waals surface area contributed by atoms with Crippen molar-refractivity contribution in [1.29, 1.82) is 0 Å². The number of halogens is 5. The number of anilines is 1. The maximum Gasteiger partial charge on any atom is 0.433 e. The first-order valence-corrected chi connectivity index (χ1v) is 8.76. The summed E-state index contributed by atoms with van der Waals surface area (Å²) in [6, 6.07) is 14.1. The van der Waals surface area contributed by atoms with Gasteiger partial charge in [-0.25, -0.2) is 15.4 Å². The van der Waals surface area contributed by atoms with Crippen molar-refractivity contribution in [3.8, 4) is 11.3 Å². The Morgan fingerprint density at radius 3 is 2.07 bits per heavy atom. The van der Waals surface area contributed by atoms with Crippen molar-refractivity contribution in [2.24, 2.45) is 5.10 Å². The van der Waals surface area contributed by atoms with E-state index in [-0.39, 0.29) is 11.6 Å². The van der Waals surface area contributed by atoms with E-state index in [9.17, 15) is 13.2 Å². The number of rotatable bonds is 4. The molecule has 144 valence electrons. The summed E-state index contributed by atoms with van der Waals surface area (Å²) in [6.07, 6.45) is -4.63. The normalized spacial score (nSPS) is 12.1. The average molecular weight is 425 g/mol. The molecule has 0 saturated heterocycles. The van der Waals surface area contributed by atoms with Crippen LogP contribution in [0.3, 0.4) is 0 Å². The quantitative estimate of drug-likeness (QED) is 0.394. The van der Waals surface area contributed by atoms with Gasteiger partial charge in [-0.3, -0.25) is 0 Å². The molecule has 0 radical (unpaired) electrons. The smallest absolute Gasteiger partial charge is 0.245 e. The Morgan fingerprint density at radius 1 is 0.929 bits per heavy atom. The first kappa shape index (κ1) is 20.1. The summed E-state index contributed by atoms with van der Waals surface area (Å²) < 4.78 is 39.7. The van der Waals surface area contributed by atoms with Gasteiger partial charge in [0.25, 0.3) is 0 Å². The molecule has 4 nitrogen and oxygen atoms in total. The summed E-state index contributed by atoms with van der Waals surface area (Å²) in [4.78, 5) is 7.66. The molecule has 3 aromatic rings. The molecule has 0 aliphatic heterocycles. The fraction of sp³-hybridized carbons (Fsp3) is 0.105. The van der Waals surface area contributed by atoms with Crippen LogP contribution in [0.1, 0.15) is 18.2 Å². The molecule has 1 heterocycles. The van der Waals surface area contributed by atoms with Gasteiger partial charge in [-0.15, -0.1) is 0 Å². The lowest BCUT2D eigenvalue weighted by molar-refractivity contribution is -0.141. The van der Waals surface area contributed by atoms with Crippen molar-refractivity contribution in [3.05, 3.63) is 75.9 Å². The van der Waals surface area contributed by atoms with Crippen LogP contribution in [-0.4, -0.2) is 15.7 Å². The predicted octanol–water partition coefficient (Wildman–Crippen LogP) is 6.31. The average Bonchev–Trinajstić information content (AvgIpc) is 2.66. The molecule has 0 atom stereocenters. The molecule has 0 bridgehead atoms. The van der Waals surface area contributed by atoms with E-state index in [1.165, 1.54) is 0 Å². The van der Waals surface area contributed by atoms with Gasteiger partial charge in [0.15, 0.2) is 5.69 Å². The van der Waals surface area contributed by atoms with Gasteiger partial charge in [0.1, 0.15) is 0 Å². The molecule has 0 saturated carbocycles. The zero-order valence-corrected chi connectivity index (χ0v) is 15.9.